The molecule has 0 unspecified atom stereocenters. The molecule has 30 heavy (non-hydrogen) atoms. The summed E-state index contributed by atoms with van der Waals surface area (Å²) in [5.41, 5.74) is 2.06. The van der Waals surface area contributed by atoms with E-state index in [-0.39, 0.29) is 17.2 Å². The first-order chi connectivity index (χ1) is 14.0. The van der Waals surface area contributed by atoms with E-state index in [4.69, 9.17) is 4.74 Å². The quantitative estimate of drug-likeness (QED) is 0.690. The van der Waals surface area contributed by atoms with Crippen LogP contribution in [0.15, 0.2) is 48.4 Å². The molecule has 1 N–H and O–H groups in total. The van der Waals surface area contributed by atoms with Gasteiger partial charge in [0.1, 0.15) is 17.2 Å². The molecule has 1 amide bonds. The van der Waals surface area contributed by atoms with Gasteiger partial charge >= 0.3 is 0 Å². The third kappa shape index (κ3) is 3.47. The van der Waals surface area contributed by atoms with Crippen LogP contribution in [0.25, 0.3) is 11.1 Å². The lowest BCUT2D eigenvalue weighted by molar-refractivity contribution is -0.111. The molecule has 2 aliphatic rings. The lowest BCUT2D eigenvalue weighted by atomic mass is 9.91. The van der Waals surface area contributed by atoms with Crippen LogP contribution in [0, 0.1) is 11.2 Å². The molecule has 3 heterocycles. The highest BCUT2D eigenvalue weighted by Crippen LogP contribution is 2.44. The Morgan fingerprint density at radius 1 is 1.23 bits per heavy atom. The third-order valence-corrected chi connectivity index (χ3v) is 5.24. The van der Waals surface area contributed by atoms with Crippen molar-refractivity contribution in [2.24, 2.45) is 5.41 Å². The second-order valence-corrected chi connectivity index (χ2v) is 9.45. The summed E-state index contributed by atoms with van der Waals surface area (Å²) >= 11 is 0. The van der Waals surface area contributed by atoms with E-state index in [0.29, 0.717) is 29.0 Å². The van der Waals surface area contributed by atoms with Gasteiger partial charge < -0.3 is 10.1 Å². The molecule has 2 aliphatic heterocycles. The van der Waals surface area contributed by atoms with Crippen molar-refractivity contribution < 1.29 is 18.7 Å². The highest BCUT2D eigenvalue weighted by molar-refractivity contribution is 6.32. The normalized spacial score (nSPS) is 19.9. The van der Waals surface area contributed by atoms with Crippen LogP contribution in [-0.2, 0) is 9.53 Å². The van der Waals surface area contributed by atoms with Gasteiger partial charge in [0.05, 0.1) is 17.0 Å². The van der Waals surface area contributed by atoms with Crippen LogP contribution < -0.4 is 5.32 Å². The number of carbonyl (C=O) groups is 2. The van der Waals surface area contributed by atoms with Crippen LogP contribution in [0.2, 0.25) is 0 Å². The molecule has 1 aromatic carbocycles. The molecular formula is C24H25FN2O3. The largest absolute Gasteiger partial charge is 0.482 e. The molecule has 0 atom stereocenters. The van der Waals surface area contributed by atoms with Gasteiger partial charge in [-0.1, -0.05) is 20.8 Å². The van der Waals surface area contributed by atoms with Crippen molar-refractivity contribution in [3.05, 3.63) is 65.4 Å². The van der Waals surface area contributed by atoms with Crippen LogP contribution in [0.5, 0.6) is 0 Å². The van der Waals surface area contributed by atoms with Gasteiger partial charge in [-0.15, -0.1) is 0 Å². The fourth-order valence-corrected chi connectivity index (χ4v) is 3.92. The molecule has 1 aromatic heterocycles. The first-order valence-electron chi connectivity index (χ1n) is 9.94. The van der Waals surface area contributed by atoms with Gasteiger partial charge in [0.2, 0.25) is 5.91 Å². The van der Waals surface area contributed by atoms with Crippen LogP contribution in [0.1, 0.15) is 57.1 Å². The molecule has 156 valence electrons. The van der Waals surface area contributed by atoms with Crippen LogP contribution in [0.4, 0.5) is 10.1 Å². The molecule has 0 spiro atoms. The number of fused-ring (bicyclic) bond motifs is 1. The van der Waals surface area contributed by atoms with Gasteiger partial charge in [-0.2, -0.15) is 0 Å². The minimum Gasteiger partial charge on any atom is -0.482 e. The average molecular weight is 408 g/mol. The Balaban J connectivity index is 1.80. The zero-order chi connectivity index (χ0) is 21.8. The second-order valence-electron chi connectivity index (χ2n) is 9.45. The maximum atomic E-state index is 13.6. The summed E-state index contributed by atoms with van der Waals surface area (Å²) in [4.78, 5) is 25.5. The molecule has 2 aromatic rings. The Kier molecular flexibility index (Phi) is 4.49. The van der Waals surface area contributed by atoms with Gasteiger partial charge in [0.15, 0.2) is 0 Å². The topological polar surface area (TPSA) is 60.3 Å². The van der Waals surface area contributed by atoms with Crippen molar-refractivity contribution in [1.82, 2.24) is 4.57 Å². The number of ether oxygens (including phenoxy) is 1. The van der Waals surface area contributed by atoms with E-state index in [0.717, 1.165) is 11.3 Å². The Morgan fingerprint density at radius 2 is 1.97 bits per heavy atom. The van der Waals surface area contributed by atoms with E-state index < -0.39 is 11.4 Å². The highest BCUT2D eigenvalue weighted by Gasteiger charge is 2.39. The smallest absolute Gasteiger partial charge is 0.260 e. The predicted octanol–water partition coefficient (Wildman–Crippen LogP) is 5.26. The number of hydrogen-bond donors (Lipinski definition) is 1. The number of rotatable bonds is 2. The van der Waals surface area contributed by atoms with Gasteiger partial charge in [-0.25, -0.2) is 4.39 Å². The molecule has 0 saturated heterocycles. The van der Waals surface area contributed by atoms with Crippen molar-refractivity contribution >= 4 is 28.6 Å². The summed E-state index contributed by atoms with van der Waals surface area (Å²) < 4.78 is 21.4. The summed E-state index contributed by atoms with van der Waals surface area (Å²) in [7, 11) is 0. The number of benzene rings is 1. The SMILES string of the molecule is CC(C)(C)CC(=O)n1cccc1C1=C/C(=C2\C(=O)Nc3cc(F)ccc32)OC1(C)C. The summed E-state index contributed by atoms with van der Waals surface area (Å²) in [6.45, 7) is 9.87. The fraction of sp³-hybridized carbons (Fsp3) is 0.333. The van der Waals surface area contributed by atoms with Crippen molar-refractivity contribution in [3.63, 3.8) is 0 Å². The third-order valence-electron chi connectivity index (χ3n) is 5.24. The van der Waals surface area contributed by atoms with Crippen LogP contribution in [-0.4, -0.2) is 22.0 Å². The number of nitrogens with zero attached hydrogens (tertiary/aromatic N) is 1. The zero-order valence-electron chi connectivity index (χ0n) is 17.8. The number of carbonyl (C=O) groups excluding carboxylic acids is 2. The highest BCUT2D eigenvalue weighted by atomic mass is 19.1. The van der Waals surface area contributed by atoms with E-state index in [9.17, 15) is 14.0 Å². The number of allylic oxidation sites excluding steroid dienone is 1. The molecule has 0 radical (unpaired) electrons. The lowest BCUT2D eigenvalue weighted by Crippen LogP contribution is -2.25. The maximum Gasteiger partial charge on any atom is 0.260 e. The molecule has 0 fully saturated rings. The van der Waals surface area contributed by atoms with Crippen LogP contribution >= 0.6 is 0 Å². The van der Waals surface area contributed by atoms with Crippen LogP contribution in [0.3, 0.4) is 0 Å². The van der Waals surface area contributed by atoms with E-state index in [1.54, 1.807) is 16.8 Å². The Labute approximate surface area is 175 Å². The standard InChI is InChI=1S/C24H25FN2O3/c1-23(2,3)13-20(28)27-10-6-7-18(27)16-12-19(30-24(16,4)5)21-15-9-8-14(25)11-17(15)26-22(21)29/h6-12H,13H2,1-5H3,(H,26,29)/b21-19+. The Hall–Kier alpha value is -3.15. The van der Waals surface area contributed by atoms with E-state index >= 15 is 0 Å². The molecule has 0 aliphatic carbocycles. The van der Waals surface area contributed by atoms with Gasteiger partial charge in [-0.05, 0) is 55.7 Å². The molecule has 4 rings (SSSR count). The molecule has 5 nitrogen and oxygen atoms in total. The van der Waals surface area contributed by atoms with Crippen molar-refractivity contribution in [3.8, 4) is 0 Å². The number of amides is 1. The first kappa shape index (κ1) is 20.1. The van der Waals surface area contributed by atoms with Crippen molar-refractivity contribution in [2.45, 2.75) is 46.6 Å². The summed E-state index contributed by atoms with van der Waals surface area (Å²) in [5, 5.41) is 2.69. The van der Waals surface area contributed by atoms with Gasteiger partial charge in [-0.3, -0.25) is 14.2 Å². The lowest BCUT2D eigenvalue weighted by Gasteiger charge is -2.24. The van der Waals surface area contributed by atoms with E-state index in [1.807, 2.05) is 52.8 Å². The van der Waals surface area contributed by atoms with Gasteiger partial charge in [0.25, 0.3) is 5.91 Å². The molecule has 0 saturated carbocycles. The van der Waals surface area contributed by atoms with Crippen molar-refractivity contribution in [1.29, 1.82) is 0 Å². The van der Waals surface area contributed by atoms with E-state index in [1.165, 1.54) is 12.1 Å². The monoisotopic (exact) mass is 408 g/mol. The van der Waals surface area contributed by atoms with Crippen molar-refractivity contribution in [2.75, 3.05) is 5.32 Å². The van der Waals surface area contributed by atoms with E-state index in [2.05, 4.69) is 5.32 Å². The second kappa shape index (κ2) is 6.69. The number of aromatic nitrogens is 1. The Bertz CT molecular complexity index is 1130. The Morgan fingerprint density at radius 3 is 2.67 bits per heavy atom. The predicted molar refractivity (Wildman–Crippen MR) is 114 cm³/mol. The molecule has 0 bridgehead atoms. The average Bonchev–Trinajstić information content (AvgIpc) is 3.27. The number of nitrogens with one attached hydrogen (secondary N) is 1. The molecule has 6 heteroatoms. The number of hydrogen-bond acceptors (Lipinski definition) is 3. The summed E-state index contributed by atoms with van der Waals surface area (Å²) in [5.74, 6) is -0.342. The maximum absolute atomic E-state index is 13.6. The number of halogens is 1. The van der Waals surface area contributed by atoms with Gasteiger partial charge in [0, 0.05) is 23.8 Å². The summed E-state index contributed by atoms with van der Waals surface area (Å²) in [6.07, 6.45) is 3.97. The fourth-order valence-electron chi connectivity index (χ4n) is 3.92. The summed E-state index contributed by atoms with van der Waals surface area (Å²) in [6, 6.07) is 7.90. The minimum absolute atomic E-state index is 0.000247. The zero-order valence-corrected chi connectivity index (χ0v) is 17.8. The molecular weight excluding hydrogens is 383 g/mol. The minimum atomic E-state index is -0.747. The number of anilines is 1. The first-order valence-corrected chi connectivity index (χ1v) is 9.94.